The molecule has 0 bridgehead atoms. The second kappa shape index (κ2) is 11.8. The number of nitrogens with zero attached hydrogens (tertiary/aromatic N) is 1. The molecule has 1 N–H and O–H groups in total. The quantitative estimate of drug-likeness (QED) is 0.565. The van der Waals surface area contributed by atoms with Crippen LogP contribution in [0.3, 0.4) is 0 Å². The number of rotatable bonds is 10. The minimum atomic E-state index is -0.662. The lowest BCUT2D eigenvalue weighted by atomic mass is 10.1. The van der Waals surface area contributed by atoms with Gasteiger partial charge in [0.25, 0.3) is 5.91 Å². The molecule has 0 saturated carbocycles. The lowest BCUT2D eigenvalue weighted by molar-refractivity contribution is -0.142. The molecule has 2 rings (SSSR count). The highest BCUT2D eigenvalue weighted by Gasteiger charge is 2.26. The van der Waals surface area contributed by atoms with Gasteiger partial charge in [-0.2, -0.15) is 0 Å². The first-order chi connectivity index (χ1) is 15.1. The number of halogens is 1. The number of carbonyl (C=O) groups is 2. The monoisotopic (exact) mass is 460 g/mol. The van der Waals surface area contributed by atoms with Crippen LogP contribution in [-0.2, 0) is 16.1 Å². The molecule has 0 aliphatic carbocycles. The van der Waals surface area contributed by atoms with Gasteiger partial charge in [-0.1, -0.05) is 37.6 Å². The third kappa shape index (κ3) is 7.16. The van der Waals surface area contributed by atoms with Crippen molar-refractivity contribution in [3.63, 3.8) is 0 Å². The van der Waals surface area contributed by atoms with E-state index in [1.54, 1.807) is 26.2 Å². The van der Waals surface area contributed by atoms with Crippen molar-refractivity contribution in [2.75, 3.05) is 20.3 Å². The van der Waals surface area contributed by atoms with Crippen LogP contribution in [0.5, 0.6) is 11.5 Å². The average Bonchev–Trinajstić information content (AvgIpc) is 2.77. The fourth-order valence-electron chi connectivity index (χ4n) is 3.22. The summed E-state index contributed by atoms with van der Waals surface area (Å²) in [7, 11) is 1.59. The van der Waals surface area contributed by atoms with Gasteiger partial charge in [0.1, 0.15) is 17.5 Å². The first-order valence-corrected chi connectivity index (χ1v) is 11.1. The second-order valence-electron chi connectivity index (χ2n) is 8.35. The van der Waals surface area contributed by atoms with Crippen LogP contribution in [0.1, 0.15) is 37.5 Å². The van der Waals surface area contributed by atoms with E-state index in [4.69, 9.17) is 21.1 Å². The number of carbonyl (C=O) groups excluding carboxylic acids is 2. The van der Waals surface area contributed by atoms with Crippen LogP contribution in [-0.4, -0.2) is 43.0 Å². The normalized spacial score (nSPS) is 11.8. The zero-order chi connectivity index (χ0) is 23.8. The summed E-state index contributed by atoms with van der Waals surface area (Å²) in [6.07, 6.45) is 0. The maximum Gasteiger partial charge on any atom is 0.261 e. The summed E-state index contributed by atoms with van der Waals surface area (Å²) in [6.45, 7) is 10.2. The van der Waals surface area contributed by atoms with Crippen LogP contribution in [0.2, 0.25) is 5.02 Å². The molecule has 0 aliphatic rings. The summed E-state index contributed by atoms with van der Waals surface area (Å²) in [5.41, 5.74) is 2.62. The lowest BCUT2D eigenvalue weighted by Gasteiger charge is -2.29. The van der Waals surface area contributed by atoms with Gasteiger partial charge in [-0.3, -0.25) is 9.59 Å². The number of nitrogens with one attached hydrogen (secondary N) is 1. The third-order valence-electron chi connectivity index (χ3n) is 5.11. The molecule has 174 valence electrons. The van der Waals surface area contributed by atoms with Crippen molar-refractivity contribution < 1.29 is 19.1 Å². The Kier molecular flexibility index (Phi) is 9.39. The Labute approximate surface area is 195 Å². The molecule has 0 aromatic heterocycles. The zero-order valence-corrected chi connectivity index (χ0v) is 20.5. The van der Waals surface area contributed by atoms with E-state index in [0.29, 0.717) is 29.0 Å². The molecular formula is C25H33ClN2O4. The molecule has 1 unspecified atom stereocenters. The van der Waals surface area contributed by atoms with Gasteiger partial charge in [0, 0.05) is 18.1 Å². The van der Waals surface area contributed by atoms with Crippen LogP contribution < -0.4 is 14.8 Å². The number of aryl methyl sites for hydroxylation is 2. The fourth-order valence-corrected chi connectivity index (χ4v) is 3.33. The van der Waals surface area contributed by atoms with Crippen molar-refractivity contribution in [2.45, 2.75) is 47.2 Å². The summed E-state index contributed by atoms with van der Waals surface area (Å²) < 4.78 is 11.1. The molecule has 32 heavy (non-hydrogen) atoms. The van der Waals surface area contributed by atoms with Crippen LogP contribution in [0, 0.1) is 19.8 Å². The number of hydrogen-bond donors (Lipinski definition) is 1. The predicted molar refractivity (Wildman–Crippen MR) is 127 cm³/mol. The summed E-state index contributed by atoms with van der Waals surface area (Å²) in [5.74, 6) is 1.08. The number of hydrogen-bond acceptors (Lipinski definition) is 4. The van der Waals surface area contributed by atoms with Gasteiger partial charge >= 0.3 is 0 Å². The standard InChI is InChI=1S/C25H33ClN2O4/c1-16(2)13-27-25(30)19(5)28(14-20-8-7-9-21(12-20)31-6)23(29)15-32-22-10-17(3)24(26)18(4)11-22/h7-12,16,19H,13-15H2,1-6H3,(H,27,30). The highest BCUT2D eigenvalue weighted by Crippen LogP contribution is 2.26. The van der Waals surface area contributed by atoms with E-state index in [9.17, 15) is 9.59 Å². The Morgan fingerprint density at radius 1 is 1.06 bits per heavy atom. The Morgan fingerprint density at radius 3 is 2.31 bits per heavy atom. The zero-order valence-electron chi connectivity index (χ0n) is 19.7. The smallest absolute Gasteiger partial charge is 0.261 e. The van der Waals surface area contributed by atoms with E-state index in [-0.39, 0.29) is 25.0 Å². The van der Waals surface area contributed by atoms with Crippen LogP contribution in [0.15, 0.2) is 36.4 Å². The van der Waals surface area contributed by atoms with Crippen LogP contribution in [0.4, 0.5) is 0 Å². The van der Waals surface area contributed by atoms with Gasteiger partial charge < -0.3 is 19.7 Å². The molecule has 0 spiro atoms. The molecule has 0 saturated heterocycles. The van der Waals surface area contributed by atoms with E-state index >= 15 is 0 Å². The predicted octanol–water partition coefficient (Wildman–Crippen LogP) is 4.53. The molecule has 0 radical (unpaired) electrons. The van der Waals surface area contributed by atoms with Gasteiger partial charge in [-0.15, -0.1) is 0 Å². The topological polar surface area (TPSA) is 67.9 Å². The van der Waals surface area contributed by atoms with E-state index in [0.717, 1.165) is 16.7 Å². The first kappa shape index (κ1) is 25.5. The number of methoxy groups -OCH3 is 1. The number of ether oxygens (including phenoxy) is 2. The first-order valence-electron chi connectivity index (χ1n) is 10.7. The summed E-state index contributed by atoms with van der Waals surface area (Å²) in [4.78, 5) is 27.4. The molecule has 0 fully saturated rings. The summed E-state index contributed by atoms with van der Waals surface area (Å²) in [5, 5.41) is 3.59. The van der Waals surface area contributed by atoms with Crippen molar-refractivity contribution >= 4 is 23.4 Å². The molecule has 2 aromatic rings. The highest BCUT2D eigenvalue weighted by molar-refractivity contribution is 6.32. The summed E-state index contributed by atoms with van der Waals surface area (Å²) in [6, 6.07) is 10.4. The Hall–Kier alpha value is -2.73. The van der Waals surface area contributed by atoms with Crippen molar-refractivity contribution in [1.29, 1.82) is 0 Å². The molecule has 1 atom stereocenters. The number of amides is 2. The Balaban J connectivity index is 2.19. The Morgan fingerprint density at radius 2 is 1.72 bits per heavy atom. The fraction of sp³-hybridized carbons (Fsp3) is 0.440. The molecule has 0 aliphatic heterocycles. The molecular weight excluding hydrogens is 428 g/mol. The van der Waals surface area contributed by atoms with Gasteiger partial charge in [-0.25, -0.2) is 0 Å². The van der Waals surface area contributed by atoms with E-state index in [2.05, 4.69) is 5.32 Å². The summed E-state index contributed by atoms with van der Waals surface area (Å²) >= 11 is 6.22. The molecule has 6 nitrogen and oxygen atoms in total. The molecule has 7 heteroatoms. The third-order valence-corrected chi connectivity index (χ3v) is 5.71. The van der Waals surface area contributed by atoms with Crippen LogP contribution in [0.25, 0.3) is 0 Å². The van der Waals surface area contributed by atoms with Gasteiger partial charge in [0.05, 0.1) is 7.11 Å². The van der Waals surface area contributed by atoms with Crippen molar-refractivity contribution in [2.24, 2.45) is 5.92 Å². The van der Waals surface area contributed by atoms with E-state index in [1.807, 2.05) is 52.0 Å². The van der Waals surface area contributed by atoms with Crippen molar-refractivity contribution in [3.05, 3.63) is 58.1 Å². The Bertz CT molecular complexity index is 922. The minimum Gasteiger partial charge on any atom is -0.497 e. The van der Waals surface area contributed by atoms with Crippen molar-refractivity contribution in [1.82, 2.24) is 10.2 Å². The largest absolute Gasteiger partial charge is 0.497 e. The van der Waals surface area contributed by atoms with Gasteiger partial charge in [-0.05, 0) is 67.6 Å². The highest BCUT2D eigenvalue weighted by atomic mass is 35.5. The molecule has 2 amide bonds. The van der Waals surface area contributed by atoms with E-state index in [1.165, 1.54) is 4.90 Å². The number of benzene rings is 2. The van der Waals surface area contributed by atoms with Crippen LogP contribution >= 0.6 is 11.6 Å². The average molecular weight is 461 g/mol. The second-order valence-corrected chi connectivity index (χ2v) is 8.73. The minimum absolute atomic E-state index is 0.188. The molecule has 2 aromatic carbocycles. The van der Waals surface area contributed by atoms with Gasteiger partial charge in [0.15, 0.2) is 6.61 Å². The van der Waals surface area contributed by atoms with E-state index < -0.39 is 6.04 Å². The van der Waals surface area contributed by atoms with Crippen molar-refractivity contribution in [3.8, 4) is 11.5 Å². The lowest BCUT2D eigenvalue weighted by Crippen LogP contribution is -2.49. The molecule has 0 heterocycles. The maximum atomic E-state index is 13.2. The SMILES string of the molecule is COc1cccc(CN(C(=O)COc2cc(C)c(Cl)c(C)c2)C(C)C(=O)NCC(C)C)c1. The maximum absolute atomic E-state index is 13.2. The van der Waals surface area contributed by atoms with Gasteiger partial charge in [0.2, 0.25) is 5.91 Å².